The Morgan fingerprint density at radius 3 is 2.60 bits per heavy atom. The molecule has 2 heteroatoms. The van der Waals surface area contributed by atoms with Gasteiger partial charge < -0.3 is 5.11 Å². The van der Waals surface area contributed by atoms with E-state index in [2.05, 4.69) is 6.92 Å². The lowest BCUT2D eigenvalue weighted by Crippen LogP contribution is -2.35. The molecular weight excluding hydrogens is 126 g/mol. The van der Waals surface area contributed by atoms with Crippen molar-refractivity contribution in [2.45, 2.75) is 25.5 Å². The monoisotopic (exact) mass is 142 g/mol. The van der Waals surface area contributed by atoms with Crippen LogP contribution in [-0.2, 0) is 0 Å². The zero-order valence-corrected chi connectivity index (χ0v) is 6.58. The van der Waals surface area contributed by atoms with Crippen LogP contribution in [0.5, 0.6) is 0 Å². The van der Waals surface area contributed by atoms with Gasteiger partial charge in [0.25, 0.3) is 0 Å². The van der Waals surface area contributed by atoms with Gasteiger partial charge in [0, 0.05) is 6.54 Å². The van der Waals surface area contributed by atoms with E-state index in [0.29, 0.717) is 0 Å². The van der Waals surface area contributed by atoms with Crippen molar-refractivity contribution in [3.63, 3.8) is 0 Å². The first kappa shape index (κ1) is 8.02. The van der Waals surface area contributed by atoms with E-state index in [0.717, 1.165) is 12.5 Å². The Morgan fingerprint density at radius 1 is 1.70 bits per heavy atom. The molecule has 0 bridgehead atoms. The van der Waals surface area contributed by atoms with Crippen molar-refractivity contribution in [1.82, 2.24) is 4.90 Å². The molecule has 0 heterocycles. The third kappa shape index (κ3) is 1.96. The van der Waals surface area contributed by atoms with E-state index < -0.39 is 6.23 Å². The largest absolute Gasteiger partial charge is 0.378 e. The molecule has 10 heavy (non-hydrogen) atoms. The third-order valence-electron chi connectivity index (χ3n) is 2.28. The Bertz CT molecular complexity index is 99.4. The van der Waals surface area contributed by atoms with E-state index in [1.54, 1.807) is 0 Å². The number of hydrogen-bond acceptors (Lipinski definition) is 2. The molecule has 1 aliphatic rings. The highest BCUT2D eigenvalue weighted by atomic mass is 16.3. The lowest BCUT2D eigenvalue weighted by Gasteiger charge is -2.31. The van der Waals surface area contributed by atoms with Gasteiger partial charge in [-0.25, -0.2) is 0 Å². The van der Waals surface area contributed by atoms with E-state index in [1.807, 2.05) is 11.9 Å². The highest BCUT2D eigenvalue weighted by molar-refractivity contribution is 4.73. The summed E-state index contributed by atoms with van der Waals surface area (Å²) in [6, 6.07) is 0. The maximum Gasteiger partial charge on any atom is 0.107 e. The molecule has 1 aliphatic carbocycles. The first-order chi connectivity index (χ1) is 4.70. The van der Waals surface area contributed by atoms with Gasteiger partial charge in [0.2, 0.25) is 0 Å². The van der Waals surface area contributed by atoms with Crippen LogP contribution in [0.4, 0.5) is 0 Å². The predicted molar refractivity (Wildman–Crippen MR) is 41.3 cm³/mol. The fourth-order valence-corrected chi connectivity index (χ4v) is 1.20. The Labute approximate surface area is 62.8 Å². The van der Waals surface area contributed by atoms with E-state index >= 15 is 0 Å². The summed E-state index contributed by atoms with van der Waals surface area (Å²) < 4.78 is 0. The minimum Gasteiger partial charge on any atom is -0.378 e. The number of aliphatic hydroxyl groups excluding tert-OH is 1. The maximum atomic E-state index is 9.00. The number of rotatable bonds is 3. The van der Waals surface area contributed by atoms with E-state index in [9.17, 15) is 0 Å². The average Bonchev–Trinajstić information content (AvgIpc) is 1.77. The van der Waals surface area contributed by atoms with E-state index in [-0.39, 0.29) is 0 Å². The molecule has 1 fully saturated rings. The summed E-state index contributed by atoms with van der Waals surface area (Å²) in [7, 11) is 1.91. The number of hydrogen-bond donors (Lipinski definition) is 1. The Morgan fingerprint density at radius 2 is 2.30 bits per heavy atom. The highest BCUT2D eigenvalue weighted by Crippen LogP contribution is 2.26. The molecule has 0 amide bonds. The standard InChI is InChI=1S/C8H16NO/c1-7(10)9(2)6-8-4-3-5-8/h7-8,10H,1,3-6H2,2H3. The summed E-state index contributed by atoms with van der Waals surface area (Å²) in [5.41, 5.74) is 0. The second-order valence-corrected chi connectivity index (χ2v) is 3.22. The summed E-state index contributed by atoms with van der Waals surface area (Å²) in [6.07, 6.45) is 3.50. The molecular formula is C8H16NO. The SMILES string of the molecule is [CH2]C(O)N(C)CC1CCC1. The van der Waals surface area contributed by atoms with Gasteiger partial charge in [0.05, 0.1) is 0 Å². The Kier molecular flexibility index (Phi) is 2.69. The average molecular weight is 142 g/mol. The van der Waals surface area contributed by atoms with Gasteiger partial charge >= 0.3 is 0 Å². The van der Waals surface area contributed by atoms with Crippen LogP contribution in [0.2, 0.25) is 0 Å². The molecule has 0 aliphatic heterocycles. The van der Waals surface area contributed by atoms with Crippen molar-refractivity contribution in [2.75, 3.05) is 13.6 Å². The fraction of sp³-hybridized carbons (Fsp3) is 0.875. The number of nitrogens with zero attached hydrogens (tertiary/aromatic N) is 1. The molecule has 0 saturated heterocycles. The summed E-state index contributed by atoms with van der Waals surface area (Å²) in [5.74, 6) is 0.821. The molecule has 1 atom stereocenters. The van der Waals surface area contributed by atoms with Gasteiger partial charge in [-0.2, -0.15) is 0 Å². The van der Waals surface area contributed by atoms with Crippen LogP contribution in [0.3, 0.4) is 0 Å². The second kappa shape index (κ2) is 3.35. The van der Waals surface area contributed by atoms with Crippen LogP contribution in [0, 0.1) is 12.8 Å². The van der Waals surface area contributed by atoms with Gasteiger partial charge in [-0.15, -0.1) is 0 Å². The van der Waals surface area contributed by atoms with Crippen molar-refractivity contribution in [3.05, 3.63) is 6.92 Å². The van der Waals surface area contributed by atoms with Crippen LogP contribution in [0.25, 0.3) is 0 Å². The van der Waals surface area contributed by atoms with Crippen molar-refractivity contribution in [2.24, 2.45) is 5.92 Å². The molecule has 2 nitrogen and oxygen atoms in total. The molecule has 1 radical (unpaired) electrons. The highest BCUT2D eigenvalue weighted by Gasteiger charge is 2.20. The van der Waals surface area contributed by atoms with Gasteiger partial charge in [0.1, 0.15) is 6.23 Å². The van der Waals surface area contributed by atoms with Crippen molar-refractivity contribution >= 4 is 0 Å². The summed E-state index contributed by atoms with van der Waals surface area (Å²) in [5, 5.41) is 9.00. The zero-order valence-electron chi connectivity index (χ0n) is 6.58. The summed E-state index contributed by atoms with van der Waals surface area (Å²) >= 11 is 0. The van der Waals surface area contributed by atoms with Crippen molar-refractivity contribution < 1.29 is 5.11 Å². The van der Waals surface area contributed by atoms with Crippen molar-refractivity contribution in [1.29, 1.82) is 0 Å². The molecule has 59 valence electrons. The molecule has 0 aromatic carbocycles. The van der Waals surface area contributed by atoms with Crippen LogP contribution < -0.4 is 0 Å². The Hall–Kier alpha value is -0.0800. The smallest absolute Gasteiger partial charge is 0.107 e. The van der Waals surface area contributed by atoms with Crippen LogP contribution >= 0.6 is 0 Å². The summed E-state index contributed by atoms with van der Waals surface area (Å²) in [4.78, 5) is 1.89. The lowest BCUT2D eigenvalue weighted by atomic mass is 9.85. The minimum atomic E-state index is -0.527. The molecule has 1 N–H and O–H groups in total. The van der Waals surface area contributed by atoms with Gasteiger partial charge in [-0.05, 0) is 32.7 Å². The number of aliphatic hydroxyl groups is 1. The van der Waals surface area contributed by atoms with Crippen LogP contribution in [0.15, 0.2) is 0 Å². The molecule has 1 unspecified atom stereocenters. The van der Waals surface area contributed by atoms with Gasteiger partial charge in [-0.1, -0.05) is 6.42 Å². The molecule has 0 spiro atoms. The van der Waals surface area contributed by atoms with E-state index in [1.165, 1.54) is 19.3 Å². The minimum absolute atomic E-state index is 0.527. The first-order valence-corrected chi connectivity index (χ1v) is 3.91. The zero-order chi connectivity index (χ0) is 7.56. The summed E-state index contributed by atoms with van der Waals surface area (Å²) in [6.45, 7) is 4.54. The molecule has 0 aromatic rings. The normalized spacial score (nSPS) is 22.8. The molecule has 0 aromatic heterocycles. The predicted octanol–water partition coefficient (Wildman–Crippen LogP) is 0.871. The van der Waals surface area contributed by atoms with Crippen LogP contribution in [0.1, 0.15) is 19.3 Å². The third-order valence-corrected chi connectivity index (χ3v) is 2.28. The second-order valence-electron chi connectivity index (χ2n) is 3.22. The first-order valence-electron chi connectivity index (χ1n) is 3.91. The maximum absolute atomic E-state index is 9.00. The lowest BCUT2D eigenvalue weighted by molar-refractivity contribution is 0.0380. The van der Waals surface area contributed by atoms with E-state index in [4.69, 9.17) is 5.11 Å². The van der Waals surface area contributed by atoms with Gasteiger partial charge in [-0.3, -0.25) is 4.90 Å². The van der Waals surface area contributed by atoms with Gasteiger partial charge in [0.15, 0.2) is 0 Å². The van der Waals surface area contributed by atoms with Crippen molar-refractivity contribution in [3.8, 4) is 0 Å². The quantitative estimate of drug-likeness (QED) is 0.591. The Balaban J connectivity index is 2.10. The topological polar surface area (TPSA) is 23.5 Å². The molecule has 1 saturated carbocycles. The van der Waals surface area contributed by atoms with Crippen LogP contribution in [-0.4, -0.2) is 29.8 Å². The molecule has 1 rings (SSSR count). The fourth-order valence-electron chi connectivity index (χ4n) is 1.20.